The fraction of sp³-hybridized carbons (Fsp3) is 0. The number of nitrogens with one attached hydrogen (secondary N) is 1. The number of anilines is 1. The second-order valence-corrected chi connectivity index (χ2v) is 4.91. The fourth-order valence-corrected chi connectivity index (χ4v) is 2.14. The van der Waals surface area contributed by atoms with Gasteiger partial charge in [0.1, 0.15) is 0 Å². The van der Waals surface area contributed by atoms with Crippen molar-refractivity contribution in [3.05, 3.63) is 66.8 Å². The summed E-state index contributed by atoms with van der Waals surface area (Å²) in [6, 6.07) is 13.8. The van der Waals surface area contributed by atoms with Crippen LogP contribution in [0.25, 0.3) is 23.0 Å². The summed E-state index contributed by atoms with van der Waals surface area (Å²) in [5, 5.41) is 6.66. The van der Waals surface area contributed by atoms with Crippen molar-refractivity contribution in [3.8, 4) is 23.0 Å². The Morgan fingerprint density at radius 3 is 2.46 bits per heavy atom. The maximum Gasteiger partial charge on any atom is 0.293 e. The zero-order chi connectivity index (χ0) is 16.4. The highest BCUT2D eigenvalue weighted by Gasteiger charge is 2.13. The number of rotatable bonds is 4. The van der Waals surface area contributed by atoms with Crippen LogP contribution in [-0.4, -0.2) is 16.0 Å². The van der Waals surface area contributed by atoms with Gasteiger partial charge >= 0.3 is 0 Å². The van der Waals surface area contributed by atoms with Crippen LogP contribution in [0.15, 0.2) is 74.4 Å². The normalized spacial score (nSPS) is 10.7. The quantitative estimate of drug-likeness (QED) is 0.613. The lowest BCUT2D eigenvalue weighted by Crippen LogP contribution is -2.10. The van der Waals surface area contributed by atoms with Crippen LogP contribution in [0, 0.1) is 0 Å². The van der Waals surface area contributed by atoms with E-state index in [1.165, 1.54) is 12.5 Å². The Kier molecular flexibility index (Phi) is 3.43. The number of hydrogen-bond acceptors (Lipinski definition) is 6. The van der Waals surface area contributed by atoms with Crippen molar-refractivity contribution in [1.29, 1.82) is 0 Å². The molecule has 3 heterocycles. The highest BCUT2D eigenvalue weighted by molar-refractivity contribution is 6.02. The first kappa shape index (κ1) is 14.0. The van der Waals surface area contributed by atoms with Crippen LogP contribution < -0.4 is 5.32 Å². The summed E-state index contributed by atoms with van der Waals surface area (Å²) >= 11 is 0. The van der Waals surface area contributed by atoms with Crippen LogP contribution in [-0.2, 0) is 0 Å². The van der Waals surface area contributed by atoms with Gasteiger partial charge in [-0.3, -0.25) is 4.79 Å². The molecule has 0 saturated carbocycles. The van der Waals surface area contributed by atoms with E-state index < -0.39 is 0 Å². The third-order valence-corrected chi connectivity index (χ3v) is 3.30. The monoisotopic (exact) mass is 321 g/mol. The minimum atomic E-state index is -0.313. The van der Waals surface area contributed by atoms with Crippen molar-refractivity contribution in [2.45, 2.75) is 0 Å². The van der Waals surface area contributed by atoms with Gasteiger partial charge in [-0.05, 0) is 48.5 Å². The molecule has 0 radical (unpaired) electrons. The number of aromatic nitrogens is 2. The van der Waals surface area contributed by atoms with Crippen LogP contribution in [0.3, 0.4) is 0 Å². The van der Waals surface area contributed by atoms with Crippen LogP contribution in [0.5, 0.6) is 0 Å². The summed E-state index contributed by atoms with van der Waals surface area (Å²) in [5.41, 5.74) is 1.39. The molecule has 7 nitrogen and oxygen atoms in total. The van der Waals surface area contributed by atoms with E-state index in [0.717, 1.165) is 5.56 Å². The van der Waals surface area contributed by atoms with Crippen molar-refractivity contribution >= 4 is 11.6 Å². The van der Waals surface area contributed by atoms with Gasteiger partial charge in [-0.1, -0.05) is 5.16 Å². The molecular weight excluding hydrogens is 310 g/mol. The number of carbonyl (C=O) groups excluding carboxylic acids is 1. The lowest BCUT2D eigenvalue weighted by Gasteiger charge is -2.03. The van der Waals surface area contributed by atoms with Crippen LogP contribution >= 0.6 is 0 Å². The van der Waals surface area contributed by atoms with Gasteiger partial charge in [-0.25, -0.2) is 0 Å². The molecule has 0 aliphatic carbocycles. The van der Waals surface area contributed by atoms with E-state index >= 15 is 0 Å². The van der Waals surface area contributed by atoms with E-state index in [2.05, 4.69) is 15.5 Å². The van der Waals surface area contributed by atoms with Crippen molar-refractivity contribution in [3.63, 3.8) is 0 Å². The van der Waals surface area contributed by atoms with Gasteiger partial charge < -0.3 is 18.7 Å². The van der Waals surface area contributed by atoms with E-state index in [9.17, 15) is 4.79 Å². The largest absolute Gasteiger partial charge is 0.459 e. The van der Waals surface area contributed by atoms with E-state index in [-0.39, 0.29) is 11.7 Å². The maximum atomic E-state index is 11.9. The summed E-state index contributed by atoms with van der Waals surface area (Å²) in [6.07, 6.45) is 2.99. The molecule has 118 valence electrons. The minimum Gasteiger partial charge on any atom is -0.459 e. The Bertz CT molecular complexity index is 938. The SMILES string of the molecule is O=C(Nc1ccc(-c2noc(-c3ccco3)n2)cc1)c1ccco1. The Morgan fingerprint density at radius 1 is 0.958 bits per heavy atom. The smallest absolute Gasteiger partial charge is 0.293 e. The molecule has 7 heteroatoms. The van der Waals surface area contributed by atoms with Gasteiger partial charge in [0, 0.05) is 11.3 Å². The van der Waals surface area contributed by atoms with Crippen molar-refractivity contribution in [1.82, 2.24) is 10.1 Å². The summed E-state index contributed by atoms with van der Waals surface area (Å²) in [7, 11) is 0. The first-order valence-electron chi connectivity index (χ1n) is 7.12. The maximum absolute atomic E-state index is 11.9. The molecule has 0 atom stereocenters. The third kappa shape index (κ3) is 2.70. The minimum absolute atomic E-state index is 0.250. The van der Waals surface area contributed by atoms with E-state index in [1.54, 1.807) is 48.5 Å². The summed E-state index contributed by atoms with van der Waals surface area (Å²) in [4.78, 5) is 16.2. The number of carbonyl (C=O) groups is 1. The number of furan rings is 2. The van der Waals surface area contributed by atoms with E-state index in [1.807, 2.05) is 0 Å². The molecule has 4 rings (SSSR count). The van der Waals surface area contributed by atoms with Crippen LogP contribution in [0.1, 0.15) is 10.6 Å². The fourth-order valence-electron chi connectivity index (χ4n) is 2.14. The average Bonchev–Trinajstić information content (AvgIpc) is 3.35. The van der Waals surface area contributed by atoms with Gasteiger partial charge in [0.05, 0.1) is 12.5 Å². The molecule has 0 aliphatic heterocycles. The molecule has 0 bridgehead atoms. The van der Waals surface area contributed by atoms with Crippen LogP contribution in [0.2, 0.25) is 0 Å². The number of amides is 1. The molecule has 0 spiro atoms. The van der Waals surface area contributed by atoms with Crippen molar-refractivity contribution in [2.24, 2.45) is 0 Å². The lowest BCUT2D eigenvalue weighted by molar-refractivity contribution is 0.0996. The van der Waals surface area contributed by atoms with E-state index in [0.29, 0.717) is 23.2 Å². The molecule has 0 aliphatic rings. The molecule has 0 fully saturated rings. The highest BCUT2D eigenvalue weighted by atomic mass is 16.5. The number of hydrogen-bond donors (Lipinski definition) is 1. The number of benzene rings is 1. The molecule has 1 aromatic carbocycles. The topological polar surface area (TPSA) is 94.3 Å². The van der Waals surface area contributed by atoms with Gasteiger partial charge in [0.2, 0.25) is 5.82 Å². The second-order valence-electron chi connectivity index (χ2n) is 4.91. The first-order valence-corrected chi connectivity index (χ1v) is 7.12. The Hall–Kier alpha value is -3.61. The van der Waals surface area contributed by atoms with Gasteiger partial charge in [0.25, 0.3) is 11.8 Å². The molecule has 3 aromatic heterocycles. The zero-order valence-corrected chi connectivity index (χ0v) is 12.3. The lowest BCUT2D eigenvalue weighted by atomic mass is 10.2. The van der Waals surface area contributed by atoms with Crippen molar-refractivity contribution < 1.29 is 18.2 Å². The molecular formula is C17H11N3O4. The van der Waals surface area contributed by atoms with Gasteiger partial charge in [-0.15, -0.1) is 0 Å². The van der Waals surface area contributed by atoms with Crippen LogP contribution in [0.4, 0.5) is 5.69 Å². The molecule has 0 saturated heterocycles. The third-order valence-electron chi connectivity index (χ3n) is 3.30. The molecule has 1 amide bonds. The summed E-state index contributed by atoms with van der Waals surface area (Å²) in [5.74, 6) is 1.19. The second kappa shape index (κ2) is 5.88. The molecule has 1 N–H and O–H groups in total. The summed E-state index contributed by atoms with van der Waals surface area (Å²) in [6.45, 7) is 0. The average molecular weight is 321 g/mol. The highest BCUT2D eigenvalue weighted by Crippen LogP contribution is 2.23. The molecule has 24 heavy (non-hydrogen) atoms. The Labute approximate surface area is 135 Å². The van der Waals surface area contributed by atoms with Crippen molar-refractivity contribution in [2.75, 3.05) is 5.32 Å². The predicted octanol–water partition coefficient (Wildman–Crippen LogP) is 3.84. The van der Waals surface area contributed by atoms with Gasteiger partial charge in [-0.2, -0.15) is 4.98 Å². The standard InChI is InChI=1S/C17H11N3O4/c21-16(13-3-1-9-22-13)18-12-7-5-11(6-8-12)15-19-17(24-20-15)14-4-2-10-23-14/h1-10H,(H,18,21). The summed E-state index contributed by atoms with van der Waals surface area (Å²) < 4.78 is 15.4. The van der Waals surface area contributed by atoms with Gasteiger partial charge in [0.15, 0.2) is 11.5 Å². The predicted molar refractivity (Wildman–Crippen MR) is 84.1 cm³/mol. The first-order chi connectivity index (χ1) is 11.8. The Morgan fingerprint density at radius 2 is 1.75 bits per heavy atom. The molecule has 0 unspecified atom stereocenters. The van der Waals surface area contributed by atoms with E-state index in [4.69, 9.17) is 13.4 Å². The molecule has 4 aromatic rings. The zero-order valence-electron chi connectivity index (χ0n) is 12.3. The number of nitrogens with zero attached hydrogens (tertiary/aromatic N) is 2. The Balaban J connectivity index is 1.51.